The molecule has 11 nitrogen and oxygen atoms in total. The van der Waals surface area contributed by atoms with E-state index < -0.39 is 43.4 Å². The Bertz CT molecular complexity index is 365. The molecule has 0 rings (SSSR count). The van der Waals surface area contributed by atoms with Gasteiger partial charge in [-0.05, 0) is 0 Å². The molecule has 2 N–H and O–H groups in total. The number of nitrogens with two attached hydrogens (primary N) is 1. The van der Waals surface area contributed by atoms with Crippen LogP contribution in [-0.4, -0.2) is 37.1 Å². The van der Waals surface area contributed by atoms with E-state index in [1.165, 1.54) is 0 Å². The van der Waals surface area contributed by atoms with Crippen LogP contribution in [0.3, 0.4) is 0 Å². The second kappa shape index (κ2) is 9.35. The minimum Gasteiger partial charge on any atom is -0.357 e. The first kappa shape index (κ1) is 16.3. The molecular formula is C8H9NO10. The predicted octanol–water partition coefficient (Wildman–Crippen LogP) is -1.51. The molecule has 0 radical (unpaired) electrons. The summed E-state index contributed by atoms with van der Waals surface area (Å²) in [4.78, 5) is 67.5. The van der Waals surface area contributed by atoms with Crippen LogP contribution in [0, 0.1) is 0 Å². The Labute approximate surface area is 105 Å². The summed E-state index contributed by atoms with van der Waals surface area (Å²) in [7, 11) is 0. The molecule has 0 bridgehead atoms. The van der Waals surface area contributed by atoms with Crippen LogP contribution in [0.2, 0.25) is 0 Å². The zero-order valence-corrected chi connectivity index (χ0v) is 9.36. The van der Waals surface area contributed by atoms with Crippen molar-refractivity contribution in [2.24, 2.45) is 5.73 Å². The highest BCUT2D eigenvalue weighted by molar-refractivity contribution is 5.83. The van der Waals surface area contributed by atoms with Gasteiger partial charge in [0.05, 0.1) is 19.4 Å². The van der Waals surface area contributed by atoms with E-state index in [2.05, 4.69) is 24.3 Å². The molecule has 0 aromatic rings. The highest BCUT2D eigenvalue weighted by atomic mass is 17.2. The van der Waals surface area contributed by atoms with Crippen LogP contribution >= 0.6 is 0 Å². The quantitative estimate of drug-likeness (QED) is 0.198. The third-order valence-corrected chi connectivity index (χ3v) is 1.28. The Hall–Kier alpha value is -2.69. The van der Waals surface area contributed by atoms with Crippen LogP contribution in [0.15, 0.2) is 0 Å². The molecule has 0 aliphatic rings. The summed E-state index contributed by atoms with van der Waals surface area (Å²) >= 11 is 0. The Kier molecular flexibility index (Phi) is 8.03. The lowest BCUT2D eigenvalue weighted by Crippen LogP contribution is -2.22. The number of carbonyl (C=O) groups is 5. The van der Waals surface area contributed by atoms with Gasteiger partial charge in [0.15, 0.2) is 0 Å². The zero-order valence-electron chi connectivity index (χ0n) is 9.36. The first-order chi connectivity index (χ1) is 8.99. The Balaban J connectivity index is 3.75. The standard InChI is InChI=1S/C8H9NO10/c9-3-7(13)16-8(14)19-18-6(12)2-1-5(11)17-15-4-10/h4H,1-3,9H2. The average molecular weight is 279 g/mol. The number of carbonyl (C=O) groups excluding carboxylic acids is 5. The topological polar surface area (TPSA) is 158 Å². The van der Waals surface area contributed by atoms with Crippen LogP contribution in [0.25, 0.3) is 0 Å². The maximum Gasteiger partial charge on any atom is 0.557 e. The van der Waals surface area contributed by atoms with E-state index >= 15 is 0 Å². The number of ether oxygens (including phenoxy) is 1. The lowest BCUT2D eigenvalue weighted by molar-refractivity contribution is -0.251. The summed E-state index contributed by atoms with van der Waals surface area (Å²) in [6.45, 7) is -0.699. The van der Waals surface area contributed by atoms with Crippen molar-refractivity contribution in [3.05, 3.63) is 0 Å². The van der Waals surface area contributed by atoms with Gasteiger partial charge >= 0.3 is 30.5 Å². The molecule has 19 heavy (non-hydrogen) atoms. The summed E-state index contributed by atoms with van der Waals surface area (Å²) in [6, 6.07) is 0. The predicted molar refractivity (Wildman–Crippen MR) is 50.2 cm³/mol. The minimum atomic E-state index is -1.59. The number of rotatable bonds is 6. The number of hydrogen-bond donors (Lipinski definition) is 1. The third-order valence-electron chi connectivity index (χ3n) is 1.28. The molecule has 0 spiro atoms. The summed E-state index contributed by atoms with van der Waals surface area (Å²) in [6.07, 6.45) is -2.61. The van der Waals surface area contributed by atoms with Crippen molar-refractivity contribution in [3.8, 4) is 0 Å². The van der Waals surface area contributed by atoms with Gasteiger partial charge in [-0.3, -0.25) is 14.5 Å². The molecule has 106 valence electrons. The van der Waals surface area contributed by atoms with Crippen molar-refractivity contribution >= 4 is 30.5 Å². The monoisotopic (exact) mass is 279 g/mol. The fourth-order valence-electron chi connectivity index (χ4n) is 0.593. The molecular weight excluding hydrogens is 270 g/mol. The molecule has 0 amide bonds. The zero-order chi connectivity index (χ0) is 14.7. The van der Waals surface area contributed by atoms with Gasteiger partial charge in [0.1, 0.15) is 0 Å². The second-order valence-electron chi connectivity index (χ2n) is 2.61. The second-order valence-corrected chi connectivity index (χ2v) is 2.61. The van der Waals surface area contributed by atoms with Crippen molar-refractivity contribution in [2.45, 2.75) is 12.8 Å². The molecule has 0 heterocycles. The summed E-state index contributed by atoms with van der Waals surface area (Å²) in [5.41, 5.74) is 4.82. The number of hydrogen-bond acceptors (Lipinski definition) is 11. The fraction of sp³-hybridized carbons (Fsp3) is 0.375. The van der Waals surface area contributed by atoms with Crippen molar-refractivity contribution in [3.63, 3.8) is 0 Å². The van der Waals surface area contributed by atoms with Gasteiger partial charge in [0.2, 0.25) is 0 Å². The Morgan fingerprint density at radius 1 is 0.895 bits per heavy atom. The lowest BCUT2D eigenvalue weighted by atomic mass is 10.3. The van der Waals surface area contributed by atoms with Crippen molar-refractivity contribution in [1.82, 2.24) is 0 Å². The molecule has 0 aromatic carbocycles. The Morgan fingerprint density at radius 3 is 2.00 bits per heavy atom. The fourth-order valence-corrected chi connectivity index (χ4v) is 0.593. The SMILES string of the molecule is NCC(=O)OC(=O)OOC(=O)CCC(=O)OOC=O. The number of esters is 1. The van der Waals surface area contributed by atoms with E-state index in [4.69, 9.17) is 5.73 Å². The van der Waals surface area contributed by atoms with Gasteiger partial charge in [0, 0.05) is 0 Å². The van der Waals surface area contributed by atoms with Gasteiger partial charge in [-0.2, -0.15) is 4.79 Å². The van der Waals surface area contributed by atoms with E-state index in [-0.39, 0.29) is 6.47 Å². The average Bonchev–Trinajstić information content (AvgIpc) is 2.40. The highest BCUT2D eigenvalue weighted by Gasteiger charge is 2.16. The highest BCUT2D eigenvalue weighted by Crippen LogP contribution is 1.98. The van der Waals surface area contributed by atoms with E-state index in [9.17, 15) is 24.0 Å². The Morgan fingerprint density at radius 2 is 1.47 bits per heavy atom. The summed E-state index contributed by atoms with van der Waals surface area (Å²) in [5.74, 6) is -3.24. The van der Waals surface area contributed by atoms with E-state index in [1.807, 2.05) is 0 Å². The van der Waals surface area contributed by atoms with Crippen molar-refractivity contribution in [1.29, 1.82) is 0 Å². The van der Waals surface area contributed by atoms with E-state index in [1.54, 1.807) is 0 Å². The molecule has 11 heteroatoms. The van der Waals surface area contributed by atoms with Gasteiger partial charge in [-0.15, -0.1) is 0 Å². The maximum atomic E-state index is 10.9. The minimum absolute atomic E-state index is 0.135. The van der Waals surface area contributed by atoms with E-state index in [0.717, 1.165) is 0 Å². The summed E-state index contributed by atoms with van der Waals surface area (Å²) < 4.78 is 3.88. The lowest BCUT2D eigenvalue weighted by Gasteiger charge is -2.02. The molecule has 0 aliphatic heterocycles. The molecule has 0 saturated heterocycles. The molecule has 0 atom stereocenters. The molecule has 0 saturated carbocycles. The molecule has 0 aromatic heterocycles. The summed E-state index contributed by atoms with van der Waals surface area (Å²) in [5, 5.41) is 0. The normalized spacial score (nSPS) is 8.89. The molecule has 0 aliphatic carbocycles. The van der Waals surface area contributed by atoms with Crippen LogP contribution in [0.5, 0.6) is 0 Å². The first-order valence-electron chi connectivity index (χ1n) is 4.61. The van der Waals surface area contributed by atoms with Gasteiger partial charge in [-0.25, -0.2) is 24.3 Å². The molecule has 0 unspecified atom stereocenters. The smallest absolute Gasteiger partial charge is 0.357 e. The van der Waals surface area contributed by atoms with Crippen LogP contribution in [0.4, 0.5) is 4.79 Å². The van der Waals surface area contributed by atoms with Gasteiger partial charge in [0.25, 0.3) is 0 Å². The largest absolute Gasteiger partial charge is 0.557 e. The van der Waals surface area contributed by atoms with Crippen LogP contribution in [-0.2, 0) is 43.5 Å². The van der Waals surface area contributed by atoms with Crippen LogP contribution < -0.4 is 5.73 Å². The van der Waals surface area contributed by atoms with Crippen molar-refractivity contribution in [2.75, 3.05) is 6.54 Å². The van der Waals surface area contributed by atoms with Gasteiger partial charge in [-0.1, -0.05) is 0 Å². The third kappa shape index (κ3) is 9.05. The molecule has 0 fully saturated rings. The first-order valence-corrected chi connectivity index (χ1v) is 4.61. The maximum absolute atomic E-state index is 10.9. The van der Waals surface area contributed by atoms with Crippen molar-refractivity contribution < 1.29 is 48.3 Å². The van der Waals surface area contributed by atoms with E-state index in [0.29, 0.717) is 0 Å². The van der Waals surface area contributed by atoms with Crippen LogP contribution in [0.1, 0.15) is 12.8 Å². The van der Waals surface area contributed by atoms with Gasteiger partial charge < -0.3 is 10.5 Å².